The lowest BCUT2D eigenvalue weighted by atomic mass is 10.2. The minimum absolute atomic E-state index is 0.0385. The van der Waals surface area contributed by atoms with Gasteiger partial charge in [0, 0.05) is 13.0 Å². The molecule has 0 aromatic heterocycles. The minimum atomic E-state index is -0.892. The summed E-state index contributed by atoms with van der Waals surface area (Å²) in [6, 6.07) is 7.92. The zero-order valence-corrected chi connectivity index (χ0v) is 12.8. The van der Waals surface area contributed by atoms with Crippen LogP contribution in [-0.4, -0.2) is 59.6 Å². The number of aliphatic hydroxyl groups excluding tert-OH is 1. The lowest BCUT2D eigenvalue weighted by Gasteiger charge is -2.22. The van der Waals surface area contributed by atoms with Crippen molar-refractivity contribution in [2.45, 2.75) is 25.5 Å². The van der Waals surface area contributed by atoms with E-state index in [0.717, 1.165) is 0 Å². The Morgan fingerprint density at radius 1 is 1.22 bits per heavy atom. The maximum atomic E-state index is 12.2. The molecule has 2 atom stereocenters. The van der Waals surface area contributed by atoms with E-state index in [1.807, 2.05) is 6.07 Å². The van der Waals surface area contributed by atoms with Gasteiger partial charge in [0.2, 0.25) is 0 Å². The zero-order chi connectivity index (χ0) is 16.8. The zero-order valence-electron chi connectivity index (χ0n) is 12.8. The Balaban J connectivity index is 1.93. The monoisotopic (exact) mass is 321 g/mol. The molecule has 124 valence electrons. The number of para-hydroxylation sites is 1. The molecule has 0 radical (unpaired) electrons. The molecule has 2 rings (SSSR count). The molecule has 1 aliphatic rings. The highest BCUT2D eigenvalue weighted by atomic mass is 16.5. The van der Waals surface area contributed by atoms with E-state index in [4.69, 9.17) is 9.47 Å². The number of likely N-dealkylation sites (tertiary alicyclic amines) is 1. The SMILES string of the molecule is CC(=O)COC(=O)[C@H]1C[C@H](O)CN1C(=O)COc1ccccc1. The van der Waals surface area contributed by atoms with E-state index in [2.05, 4.69) is 0 Å². The molecule has 1 saturated heterocycles. The van der Waals surface area contributed by atoms with Gasteiger partial charge in [-0.1, -0.05) is 18.2 Å². The number of aliphatic hydroxyl groups is 1. The summed E-state index contributed by atoms with van der Waals surface area (Å²) in [6.07, 6.45) is -0.709. The third-order valence-corrected chi connectivity index (χ3v) is 3.39. The van der Waals surface area contributed by atoms with Gasteiger partial charge >= 0.3 is 5.97 Å². The lowest BCUT2D eigenvalue weighted by molar-refractivity contribution is -0.155. The van der Waals surface area contributed by atoms with Crippen LogP contribution in [0.15, 0.2) is 30.3 Å². The minimum Gasteiger partial charge on any atom is -0.484 e. The van der Waals surface area contributed by atoms with Crippen molar-refractivity contribution in [2.75, 3.05) is 19.8 Å². The van der Waals surface area contributed by atoms with Crippen LogP contribution in [0.4, 0.5) is 0 Å². The number of amides is 1. The Morgan fingerprint density at radius 3 is 2.57 bits per heavy atom. The number of ketones is 1. The number of Topliss-reactive ketones (excluding diaryl/α,β-unsaturated/α-hetero) is 1. The molecule has 0 saturated carbocycles. The first-order valence-electron chi connectivity index (χ1n) is 7.29. The third-order valence-electron chi connectivity index (χ3n) is 3.39. The number of hydrogen-bond donors (Lipinski definition) is 1. The number of benzene rings is 1. The number of carbonyl (C=O) groups is 3. The van der Waals surface area contributed by atoms with Crippen LogP contribution in [0.1, 0.15) is 13.3 Å². The van der Waals surface area contributed by atoms with Gasteiger partial charge < -0.3 is 19.5 Å². The predicted octanol–water partition coefficient (Wildman–Crippen LogP) is 0.159. The Bertz CT molecular complexity index is 573. The van der Waals surface area contributed by atoms with Crippen LogP contribution < -0.4 is 4.74 Å². The van der Waals surface area contributed by atoms with Crippen LogP contribution in [0.2, 0.25) is 0 Å². The molecule has 23 heavy (non-hydrogen) atoms. The van der Waals surface area contributed by atoms with Gasteiger partial charge in [-0.15, -0.1) is 0 Å². The molecule has 1 aliphatic heterocycles. The summed E-state index contributed by atoms with van der Waals surface area (Å²) in [5.74, 6) is -0.863. The Morgan fingerprint density at radius 2 is 1.91 bits per heavy atom. The van der Waals surface area contributed by atoms with Gasteiger partial charge in [0.05, 0.1) is 6.10 Å². The van der Waals surface area contributed by atoms with E-state index >= 15 is 0 Å². The predicted molar refractivity (Wildman–Crippen MR) is 79.7 cm³/mol. The normalized spacial score (nSPS) is 20.2. The second kappa shape index (κ2) is 7.73. The Labute approximate surface area is 133 Å². The topological polar surface area (TPSA) is 93.1 Å². The first kappa shape index (κ1) is 17.0. The molecule has 7 nitrogen and oxygen atoms in total. The molecule has 1 aromatic carbocycles. The van der Waals surface area contributed by atoms with Gasteiger partial charge in [-0.05, 0) is 19.1 Å². The molecule has 1 N–H and O–H groups in total. The van der Waals surface area contributed by atoms with Gasteiger partial charge in [-0.25, -0.2) is 4.79 Å². The van der Waals surface area contributed by atoms with Crippen molar-refractivity contribution in [3.8, 4) is 5.75 Å². The number of esters is 1. The van der Waals surface area contributed by atoms with E-state index in [0.29, 0.717) is 5.75 Å². The largest absolute Gasteiger partial charge is 0.484 e. The van der Waals surface area contributed by atoms with Crippen molar-refractivity contribution in [1.29, 1.82) is 0 Å². The average Bonchev–Trinajstić information content (AvgIpc) is 2.93. The van der Waals surface area contributed by atoms with Gasteiger partial charge in [0.1, 0.15) is 18.4 Å². The van der Waals surface area contributed by atoms with E-state index < -0.39 is 24.0 Å². The smallest absolute Gasteiger partial charge is 0.329 e. The van der Waals surface area contributed by atoms with Crippen LogP contribution >= 0.6 is 0 Å². The second-order valence-corrected chi connectivity index (χ2v) is 5.36. The van der Waals surface area contributed by atoms with E-state index in [9.17, 15) is 19.5 Å². The van der Waals surface area contributed by atoms with E-state index in [1.165, 1.54) is 11.8 Å². The molecule has 0 aliphatic carbocycles. The number of ether oxygens (including phenoxy) is 2. The van der Waals surface area contributed by atoms with Crippen molar-refractivity contribution in [1.82, 2.24) is 4.90 Å². The number of nitrogens with zero attached hydrogens (tertiary/aromatic N) is 1. The summed E-state index contributed by atoms with van der Waals surface area (Å²) in [5, 5.41) is 9.72. The molecule has 0 bridgehead atoms. The fourth-order valence-electron chi connectivity index (χ4n) is 2.33. The number of hydrogen-bond acceptors (Lipinski definition) is 6. The summed E-state index contributed by atoms with van der Waals surface area (Å²) in [6.45, 7) is 0.755. The second-order valence-electron chi connectivity index (χ2n) is 5.36. The molecule has 0 spiro atoms. The quantitative estimate of drug-likeness (QED) is 0.750. The number of rotatable bonds is 6. The summed E-state index contributed by atoms with van der Waals surface area (Å²) in [7, 11) is 0. The lowest BCUT2D eigenvalue weighted by Crippen LogP contribution is -2.44. The molecule has 1 aromatic rings. The average molecular weight is 321 g/mol. The first-order valence-corrected chi connectivity index (χ1v) is 7.29. The maximum Gasteiger partial charge on any atom is 0.329 e. The summed E-state index contributed by atoms with van der Waals surface area (Å²) < 4.78 is 10.2. The maximum absolute atomic E-state index is 12.2. The van der Waals surface area contributed by atoms with Crippen LogP contribution in [0, 0.1) is 0 Å². The fraction of sp³-hybridized carbons (Fsp3) is 0.438. The summed E-state index contributed by atoms with van der Waals surface area (Å²) >= 11 is 0. The highest BCUT2D eigenvalue weighted by Gasteiger charge is 2.40. The van der Waals surface area contributed by atoms with Crippen molar-refractivity contribution in [3.63, 3.8) is 0 Å². The van der Waals surface area contributed by atoms with Crippen LogP contribution in [0.3, 0.4) is 0 Å². The molecule has 1 heterocycles. The number of β-amino-alcohol motifs (C(OH)–C–C–N with tert-alkyl or cyclic N) is 1. The van der Waals surface area contributed by atoms with Gasteiger partial charge in [-0.2, -0.15) is 0 Å². The highest BCUT2D eigenvalue weighted by Crippen LogP contribution is 2.20. The van der Waals surface area contributed by atoms with Gasteiger partial charge in [0.15, 0.2) is 12.4 Å². The molecule has 1 amide bonds. The summed E-state index contributed by atoms with van der Waals surface area (Å²) in [4.78, 5) is 36.3. The molecular formula is C16H19NO6. The Kier molecular flexibility index (Phi) is 5.70. The van der Waals surface area contributed by atoms with E-state index in [-0.39, 0.29) is 32.0 Å². The Hall–Kier alpha value is -2.41. The van der Waals surface area contributed by atoms with Gasteiger partial charge in [-0.3, -0.25) is 9.59 Å². The standard InChI is InChI=1S/C16H19NO6/c1-11(18)9-23-16(21)14-7-12(19)8-17(14)15(20)10-22-13-5-3-2-4-6-13/h2-6,12,14,19H,7-10H2,1H3/t12-,14+/m0/s1. The third kappa shape index (κ3) is 4.79. The van der Waals surface area contributed by atoms with Crippen molar-refractivity contribution >= 4 is 17.7 Å². The van der Waals surface area contributed by atoms with Crippen molar-refractivity contribution in [3.05, 3.63) is 30.3 Å². The molecule has 1 fully saturated rings. The molecule has 0 unspecified atom stereocenters. The van der Waals surface area contributed by atoms with Crippen LogP contribution in [0.5, 0.6) is 5.75 Å². The first-order chi connectivity index (χ1) is 11.0. The van der Waals surface area contributed by atoms with Crippen molar-refractivity contribution < 1.29 is 29.0 Å². The molecule has 7 heteroatoms. The highest BCUT2D eigenvalue weighted by molar-refractivity contribution is 5.87. The van der Waals surface area contributed by atoms with E-state index in [1.54, 1.807) is 24.3 Å². The summed E-state index contributed by atoms with van der Waals surface area (Å²) in [5.41, 5.74) is 0. The molecular weight excluding hydrogens is 302 g/mol. The van der Waals surface area contributed by atoms with Crippen LogP contribution in [-0.2, 0) is 19.1 Å². The van der Waals surface area contributed by atoms with Crippen molar-refractivity contribution in [2.24, 2.45) is 0 Å². The van der Waals surface area contributed by atoms with Gasteiger partial charge in [0.25, 0.3) is 5.91 Å². The fourth-order valence-corrected chi connectivity index (χ4v) is 2.33. The number of carbonyl (C=O) groups excluding carboxylic acids is 3. The van der Waals surface area contributed by atoms with Crippen LogP contribution in [0.25, 0.3) is 0 Å².